The lowest BCUT2D eigenvalue weighted by Crippen LogP contribution is -2.21. The van der Waals surface area contributed by atoms with Gasteiger partial charge in [-0.3, -0.25) is 25.0 Å². The molecule has 0 aliphatic rings. The molecule has 11 heteroatoms. The maximum Gasteiger partial charge on any atom is 0.311 e. The predicted molar refractivity (Wildman–Crippen MR) is 86.8 cm³/mol. The Hall–Kier alpha value is -3.76. The SMILES string of the molecule is COc1ccc(NC(=O)COc2cc(F)ccc2[N+](=O)[O-])c([N+](=O)[O-])c1. The average Bonchev–Trinajstić information content (AvgIpc) is 2.59. The first kappa shape index (κ1) is 18.6. The molecule has 1 N–H and O–H groups in total. The molecule has 0 aromatic heterocycles. The Labute approximate surface area is 145 Å². The van der Waals surface area contributed by atoms with E-state index in [1.807, 2.05) is 0 Å². The van der Waals surface area contributed by atoms with Gasteiger partial charge in [-0.25, -0.2) is 4.39 Å². The van der Waals surface area contributed by atoms with Crippen molar-refractivity contribution in [2.75, 3.05) is 19.0 Å². The number of nitro benzene ring substituents is 2. The number of carbonyl (C=O) groups is 1. The van der Waals surface area contributed by atoms with E-state index in [0.29, 0.717) is 0 Å². The zero-order valence-corrected chi connectivity index (χ0v) is 13.3. The fourth-order valence-electron chi connectivity index (χ4n) is 1.98. The van der Waals surface area contributed by atoms with E-state index in [4.69, 9.17) is 9.47 Å². The highest BCUT2D eigenvalue weighted by Crippen LogP contribution is 2.30. The van der Waals surface area contributed by atoms with Crippen LogP contribution in [0.25, 0.3) is 0 Å². The molecule has 0 atom stereocenters. The number of anilines is 1. The molecule has 136 valence electrons. The molecule has 0 fully saturated rings. The van der Waals surface area contributed by atoms with E-state index >= 15 is 0 Å². The summed E-state index contributed by atoms with van der Waals surface area (Å²) in [6, 6.07) is 6.33. The molecule has 0 aliphatic carbocycles. The third kappa shape index (κ3) is 4.41. The normalized spacial score (nSPS) is 10.1. The Kier molecular flexibility index (Phi) is 5.63. The topological polar surface area (TPSA) is 134 Å². The molecule has 2 aromatic carbocycles. The highest BCUT2D eigenvalue weighted by molar-refractivity contribution is 5.94. The maximum absolute atomic E-state index is 13.2. The molecule has 0 saturated heterocycles. The van der Waals surface area contributed by atoms with Crippen molar-refractivity contribution in [3.63, 3.8) is 0 Å². The number of methoxy groups -OCH3 is 1. The molecule has 1 amide bonds. The van der Waals surface area contributed by atoms with Gasteiger partial charge in [0.1, 0.15) is 17.3 Å². The number of nitrogens with one attached hydrogen (secondary N) is 1. The van der Waals surface area contributed by atoms with E-state index < -0.39 is 45.3 Å². The smallest absolute Gasteiger partial charge is 0.311 e. The average molecular weight is 365 g/mol. The van der Waals surface area contributed by atoms with Crippen molar-refractivity contribution in [2.45, 2.75) is 0 Å². The highest BCUT2D eigenvalue weighted by Gasteiger charge is 2.20. The van der Waals surface area contributed by atoms with Crippen LogP contribution in [-0.2, 0) is 4.79 Å². The van der Waals surface area contributed by atoms with Gasteiger partial charge in [-0.1, -0.05) is 0 Å². The first-order valence-electron chi connectivity index (χ1n) is 7.01. The lowest BCUT2D eigenvalue weighted by atomic mass is 10.2. The van der Waals surface area contributed by atoms with Crippen LogP contribution in [0.3, 0.4) is 0 Å². The summed E-state index contributed by atoms with van der Waals surface area (Å²) in [6.45, 7) is -0.715. The van der Waals surface area contributed by atoms with Gasteiger partial charge in [-0.05, 0) is 18.2 Å². The minimum Gasteiger partial charge on any atom is -0.496 e. The lowest BCUT2D eigenvalue weighted by molar-refractivity contribution is -0.385. The number of amides is 1. The van der Waals surface area contributed by atoms with Gasteiger partial charge in [0.25, 0.3) is 11.6 Å². The van der Waals surface area contributed by atoms with Crippen molar-refractivity contribution in [1.29, 1.82) is 0 Å². The van der Waals surface area contributed by atoms with E-state index in [0.717, 1.165) is 24.3 Å². The van der Waals surface area contributed by atoms with Crippen molar-refractivity contribution in [2.24, 2.45) is 0 Å². The number of nitro groups is 2. The van der Waals surface area contributed by atoms with Gasteiger partial charge in [0.2, 0.25) is 5.75 Å². The standard InChI is InChI=1S/C15H12FN3O7/c1-25-10-3-4-11(13(7-10)19(23)24)17-15(20)8-26-14-6-9(16)2-5-12(14)18(21)22/h2-7H,8H2,1H3,(H,17,20). The monoisotopic (exact) mass is 365 g/mol. The molecule has 0 spiro atoms. The summed E-state index contributed by atoms with van der Waals surface area (Å²) in [7, 11) is 1.33. The molecular formula is C15H12FN3O7. The van der Waals surface area contributed by atoms with Crippen LogP contribution in [0.2, 0.25) is 0 Å². The fourth-order valence-corrected chi connectivity index (χ4v) is 1.98. The second-order valence-corrected chi connectivity index (χ2v) is 4.85. The molecule has 0 unspecified atom stereocenters. The number of hydrogen-bond donors (Lipinski definition) is 1. The second-order valence-electron chi connectivity index (χ2n) is 4.85. The Morgan fingerprint density at radius 1 is 1.12 bits per heavy atom. The van der Waals surface area contributed by atoms with Crippen LogP contribution in [0.4, 0.5) is 21.5 Å². The van der Waals surface area contributed by atoms with Crippen LogP contribution < -0.4 is 14.8 Å². The quantitative estimate of drug-likeness (QED) is 0.589. The number of carbonyl (C=O) groups excluding carboxylic acids is 1. The summed E-state index contributed by atoms with van der Waals surface area (Å²) in [5.74, 6) is -1.82. The van der Waals surface area contributed by atoms with Crippen LogP contribution in [-0.4, -0.2) is 29.5 Å². The molecular weight excluding hydrogens is 353 g/mol. The summed E-state index contributed by atoms with van der Waals surface area (Å²) in [4.78, 5) is 32.3. The zero-order chi connectivity index (χ0) is 19.3. The Bertz CT molecular complexity index is 872. The molecule has 0 bridgehead atoms. The minimum atomic E-state index is -0.822. The number of nitrogens with zero attached hydrogens (tertiary/aromatic N) is 2. The van der Waals surface area contributed by atoms with Gasteiger partial charge in [0.15, 0.2) is 6.61 Å². The maximum atomic E-state index is 13.2. The fraction of sp³-hybridized carbons (Fsp3) is 0.133. The predicted octanol–water partition coefficient (Wildman–Crippen LogP) is 2.67. The first-order chi connectivity index (χ1) is 12.3. The molecule has 10 nitrogen and oxygen atoms in total. The van der Waals surface area contributed by atoms with Crippen LogP contribution in [0.15, 0.2) is 36.4 Å². The largest absolute Gasteiger partial charge is 0.496 e. The summed E-state index contributed by atoms with van der Waals surface area (Å²) in [5.41, 5.74) is -1.04. The number of hydrogen-bond acceptors (Lipinski definition) is 7. The van der Waals surface area contributed by atoms with Crippen LogP contribution in [0.1, 0.15) is 0 Å². The van der Waals surface area contributed by atoms with Gasteiger partial charge in [-0.2, -0.15) is 0 Å². The molecule has 2 rings (SSSR count). The van der Waals surface area contributed by atoms with E-state index in [-0.39, 0.29) is 11.4 Å². The minimum absolute atomic E-state index is 0.113. The summed E-state index contributed by atoms with van der Waals surface area (Å²) < 4.78 is 23.1. The Balaban J connectivity index is 2.12. The van der Waals surface area contributed by atoms with Crippen molar-refractivity contribution < 1.29 is 28.5 Å². The molecule has 0 radical (unpaired) electrons. The van der Waals surface area contributed by atoms with Gasteiger partial charge in [0.05, 0.1) is 23.0 Å². The van der Waals surface area contributed by atoms with Gasteiger partial charge >= 0.3 is 5.69 Å². The molecule has 2 aromatic rings. The van der Waals surface area contributed by atoms with E-state index in [1.165, 1.54) is 19.2 Å². The van der Waals surface area contributed by atoms with E-state index in [1.54, 1.807) is 0 Å². The van der Waals surface area contributed by atoms with Gasteiger partial charge < -0.3 is 14.8 Å². The molecule has 0 aliphatic heterocycles. The van der Waals surface area contributed by atoms with Crippen LogP contribution in [0.5, 0.6) is 11.5 Å². The van der Waals surface area contributed by atoms with Crippen LogP contribution in [0, 0.1) is 26.0 Å². The lowest BCUT2D eigenvalue weighted by Gasteiger charge is -2.09. The first-order valence-corrected chi connectivity index (χ1v) is 7.01. The zero-order valence-electron chi connectivity index (χ0n) is 13.3. The number of benzene rings is 2. The van der Waals surface area contributed by atoms with Crippen molar-refractivity contribution in [3.8, 4) is 11.5 Å². The Morgan fingerprint density at radius 3 is 2.42 bits per heavy atom. The summed E-state index contributed by atoms with van der Waals surface area (Å²) in [5, 5.41) is 24.2. The number of ether oxygens (including phenoxy) is 2. The number of halogens is 1. The third-order valence-electron chi connectivity index (χ3n) is 3.15. The van der Waals surface area contributed by atoms with Gasteiger partial charge in [-0.15, -0.1) is 0 Å². The van der Waals surface area contributed by atoms with E-state index in [9.17, 15) is 29.4 Å². The summed E-state index contributed by atoms with van der Waals surface area (Å²) in [6.07, 6.45) is 0. The van der Waals surface area contributed by atoms with Crippen LogP contribution >= 0.6 is 0 Å². The third-order valence-corrected chi connectivity index (χ3v) is 3.15. The second kappa shape index (κ2) is 7.88. The number of rotatable bonds is 7. The Morgan fingerprint density at radius 2 is 1.81 bits per heavy atom. The molecule has 26 heavy (non-hydrogen) atoms. The van der Waals surface area contributed by atoms with Crippen molar-refractivity contribution >= 4 is 23.0 Å². The summed E-state index contributed by atoms with van der Waals surface area (Å²) >= 11 is 0. The van der Waals surface area contributed by atoms with E-state index in [2.05, 4.69) is 5.32 Å². The van der Waals surface area contributed by atoms with Crippen molar-refractivity contribution in [1.82, 2.24) is 0 Å². The van der Waals surface area contributed by atoms with Crippen molar-refractivity contribution in [3.05, 3.63) is 62.4 Å². The molecule has 0 heterocycles. The molecule has 0 saturated carbocycles. The highest BCUT2D eigenvalue weighted by atomic mass is 19.1. The van der Waals surface area contributed by atoms with Gasteiger partial charge in [0, 0.05) is 12.1 Å².